The highest BCUT2D eigenvalue weighted by Gasteiger charge is 2.82. The lowest BCUT2D eigenvalue weighted by molar-refractivity contribution is -0.701. The molecule has 0 saturated heterocycles. The van der Waals surface area contributed by atoms with Gasteiger partial charge in [-0.2, -0.15) is 79.0 Å². The van der Waals surface area contributed by atoms with E-state index < -0.39 is 80.5 Å². The minimum atomic E-state index is -7.08. The first-order chi connectivity index (χ1) is 18.1. The third-order valence-corrected chi connectivity index (χ3v) is 5.34. The van der Waals surface area contributed by atoms with E-state index in [-0.39, 0.29) is 0 Å². The van der Waals surface area contributed by atoms with Gasteiger partial charge in [0.15, 0.2) is 0 Å². The molecule has 0 radical (unpaired) electrons. The summed E-state index contributed by atoms with van der Waals surface area (Å²) in [5.41, 5.74) is 0. The molecule has 0 spiro atoms. The molecule has 0 aromatic carbocycles. The molecule has 41 heavy (non-hydrogen) atoms. The number of aryl methyl sites for hydroxylation is 2. The third kappa shape index (κ3) is 6.28. The highest BCUT2D eigenvalue weighted by molar-refractivity contribution is 5.00. The van der Waals surface area contributed by atoms with Crippen LogP contribution >= 0.6 is 0 Å². The number of alkyl halides is 18. The van der Waals surface area contributed by atoms with Crippen LogP contribution in [-0.2, 0) is 19.8 Å². The molecule has 0 aliphatic heterocycles. The fraction of sp³-hybridized carbons (Fsp3) is 0.765. The smallest absolute Gasteiger partial charge is 0.237 e. The van der Waals surface area contributed by atoms with Crippen molar-refractivity contribution >= 4 is 0 Å². The Bertz CT molecular complexity index is 1090. The minimum absolute atomic E-state index is 0.538. The molecule has 0 fully saturated rings. The SMILES string of the molecule is FC(F)(F)C(F)(F)C(F)(F)C(F)(F)CC[n+]1cnn(Cn2c[n+](CCC(F)(F)C(F)(F)C(F)(F)C(F)(F)F)cn2)c1. The van der Waals surface area contributed by atoms with Crippen LogP contribution in [0.4, 0.5) is 79.0 Å². The number of nitrogens with zero attached hydrogens (tertiary/aromatic N) is 6. The Balaban J connectivity index is 2.04. The van der Waals surface area contributed by atoms with Gasteiger partial charge < -0.3 is 0 Å². The Morgan fingerprint density at radius 2 is 0.756 bits per heavy atom. The van der Waals surface area contributed by atoms with Gasteiger partial charge in [0, 0.05) is 23.0 Å². The third-order valence-electron chi connectivity index (χ3n) is 5.34. The Labute approximate surface area is 214 Å². The van der Waals surface area contributed by atoms with E-state index in [1.807, 2.05) is 0 Å². The van der Waals surface area contributed by atoms with Crippen molar-refractivity contribution in [1.29, 1.82) is 0 Å². The minimum Gasteiger partial charge on any atom is -0.237 e. The van der Waals surface area contributed by atoms with Crippen LogP contribution in [0, 0.1) is 0 Å². The monoisotopic (exact) mass is 644 g/mol. The van der Waals surface area contributed by atoms with E-state index in [0.717, 1.165) is 22.0 Å². The predicted molar refractivity (Wildman–Crippen MR) is 91.3 cm³/mol. The van der Waals surface area contributed by atoms with Gasteiger partial charge in [-0.1, -0.05) is 9.36 Å². The van der Waals surface area contributed by atoms with Crippen LogP contribution in [-0.4, -0.2) is 67.4 Å². The molecule has 0 unspecified atom stereocenters. The molecule has 6 nitrogen and oxygen atoms in total. The molecule has 2 aromatic heterocycles. The van der Waals surface area contributed by atoms with E-state index in [2.05, 4.69) is 10.2 Å². The van der Waals surface area contributed by atoms with E-state index in [0.29, 0.717) is 21.8 Å². The van der Waals surface area contributed by atoms with Gasteiger partial charge in [-0.15, -0.1) is 0 Å². The van der Waals surface area contributed by atoms with Crippen LogP contribution in [0.5, 0.6) is 0 Å². The number of hydrogen-bond donors (Lipinski definition) is 0. The van der Waals surface area contributed by atoms with Gasteiger partial charge in [0.1, 0.15) is 0 Å². The fourth-order valence-corrected chi connectivity index (χ4v) is 2.92. The van der Waals surface area contributed by atoms with Crippen LogP contribution in [0.2, 0.25) is 0 Å². The summed E-state index contributed by atoms with van der Waals surface area (Å²) in [6.45, 7) is -3.15. The molecule has 0 amide bonds. The van der Waals surface area contributed by atoms with Crippen LogP contribution in [0.25, 0.3) is 0 Å². The molecule has 2 aromatic rings. The largest absolute Gasteiger partial charge is 0.460 e. The molecule has 236 valence electrons. The molecular weight excluding hydrogens is 630 g/mol. The van der Waals surface area contributed by atoms with Crippen LogP contribution < -0.4 is 9.13 Å². The molecule has 24 heteroatoms. The summed E-state index contributed by atoms with van der Waals surface area (Å²) in [5, 5.41) is 6.96. The van der Waals surface area contributed by atoms with Gasteiger partial charge in [0.25, 0.3) is 19.3 Å². The Morgan fingerprint density at radius 1 is 0.463 bits per heavy atom. The lowest BCUT2D eigenvalue weighted by Crippen LogP contribution is -2.61. The van der Waals surface area contributed by atoms with Crippen molar-refractivity contribution in [1.82, 2.24) is 19.6 Å². The second kappa shape index (κ2) is 10.4. The standard InChI is InChI=1S/C17H14F18N6/c18-10(19,12(22,23)14(26,27)16(30,31)32)1-3-38-5-36-40(7-38)9-41-8-39(6-37-41)4-2-11(20,21)13(24,25)15(28,29)17(33,34)35/h5-8H,1-4,9H2/q+2. The lowest BCUT2D eigenvalue weighted by Gasteiger charge is -2.33. The number of hydrogen-bond acceptors (Lipinski definition) is 2. The first-order valence-corrected chi connectivity index (χ1v) is 10.3. The normalized spacial score (nSPS) is 15.1. The topological polar surface area (TPSA) is 43.4 Å². The van der Waals surface area contributed by atoms with Crippen molar-refractivity contribution in [2.45, 2.75) is 80.5 Å². The number of halogens is 18. The molecular formula is C17H14F18N6+2. The van der Waals surface area contributed by atoms with Crippen LogP contribution in [0.1, 0.15) is 12.8 Å². The molecule has 0 N–H and O–H groups in total. The number of aromatic nitrogens is 6. The summed E-state index contributed by atoms with van der Waals surface area (Å²) in [7, 11) is 0. The summed E-state index contributed by atoms with van der Waals surface area (Å²) in [6.07, 6.45) is -15.8. The Hall–Kier alpha value is -2.98. The van der Waals surface area contributed by atoms with Crippen molar-refractivity contribution in [2.24, 2.45) is 0 Å². The molecule has 0 bridgehead atoms. The average molecular weight is 644 g/mol. The summed E-state index contributed by atoms with van der Waals surface area (Å²) in [5.74, 6) is -39.5. The zero-order chi connectivity index (χ0) is 32.1. The summed E-state index contributed by atoms with van der Waals surface area (Å²) in [6, 6.07) is 0. The van der Waals surface area contributed by atoms with E-state index in [9.17, 15) is 79.0 Å². The van der Waals surface area contributed by atoms with Crippen molar-refractivity contribution in [3.05, 3.63) is 25.3 Å². The first kappa shape index (κ1) is 34.2. The van der Waals surface area contributed by atoms with Crippen molar-refractivity contribution in [3.63, 3.8) is 0 Å². The zero-order valence-electron chi connectivity index (χ0n) is 19.3. The van der Waals surface area contributed by atoms with Gasteiger partial charge in [0.05, 0.1) is 13.1 Å². The van der Waals surface area contributed by atoms with Crippen molar-refractivity contribution < 1.29 is 88.2 Å². The van der Waals surface area contributed by atoms with Gasteiger partial charge in [-0.3, -0.25) is 0 Å². The van der Waals surface area contributed by atoms with Crippen molar-refractivity contribution in [2.75, 3.05) is 0 Å². The summed E-state index contributed by atoms with van der Waals surface area (Å²) >= 11 is 0. The van der Waals surface area contributed by atoms with Gasteiger partial charge in [-0.25, -0.2) is 9.13 Å². The average Bonchev–Trinajstić information content (AvgIpc) is 3.44. The second-order valence-corrected chi connectivity index (χ2v) is 8.39. The van der Waals surface area contributed by atoms with Gasteiger partial charge >= 0.3 is 47.9 Å². The van der Waals surface area contributed by atoms with E-state index >= 15 is 0 Å². The second-order valence-electron chi connectivity index (χ2n) is 8.39. The van der Waals surface area contributed by atoms with Gasteiger partial charge in [-0.05, 0) is 0 Å². The Morgan fingerprint density at radius 3 is 1.02 bits per heavy atom. The predicted octanol–water partition coefficient (Wildman–Crippen LogP) is 4.88. The maximum atomic E-state index is 13.6. The van der Waals surface area contributed by atoms with Gasteiger partial charge in [0.2, 0.25) is 12.7 Å². The molecule has 2 rings (SSSR count). The molecule has 0 aliphatic rings. The molecule has 0 atom stereocenters. The molecule has 0 aliphatic carbocycles. The highest BCUT2D eigenvalue weighted by atomic mass is 19.4. The van der Waals surface area contributed by atoms with E-state index in [1.54, 1.807) is 0 Å². The summed E-state index contributed by atoms with van der Waals surface area (Å²) < 4.78 is 235. The number of rotatable bonds is 12. The van der Waals surface area contributed by atoms with Crippen LogP contribution in [0.3, 0.4) is 0 Å². The lowest BCUT2D eigenvalue weighted by atomic mass is 10.0. The van der Waals surface area contributed by atoms with E-state index in [1.165, 1.54) is 0 Å². The van der Waals surface area contributed by atoms with Crippen LogP contribution in [0.15, 0.2) is 25.3 Å². The Kier molecular flexibility index (Phi) is 8.67. The fourth-order valence-electron chi connectivity index (χ4n) is 2.92. The van der Waals surface area contributed by atoms with Crippen molar-refractivity contribution in [3.8, 4) is 0 Å². The highest BCUT2D eigenvalue weighted by Crippen LogP contribution is 2.55. The summed E-state index contributed by atoms with van der Waals surface area (Å²) in [4.78, 5) is 0. The zero-order valence-corrected chi connectivity index (χ0v) is 19.3. The first-order valence-electron chi connectivity index (χ1n) is 10.3. The molecule has 0 saturated carbocycles. The quantitative estimate of drug-likeness (QED) is 0.245. The maximum absolute atomic E-state index is 13.6. The maximum Gasteiger partial charge on any atom is 0.460 e. The molecule has 2 heterocycles. The van der Waals surface area contributed by atoms with E-state index in [4.69, 9.17) is 0 Å².